The molecule has 0 aliphatic heterocycles. The summed E-state index contributed by atoms with van der Waals surface area (Å²) in [6, 6.07) is 0. The number of hydrogen-bond acceptors (Lipinski definition) is 0. The van der Waals surface area contributed by atoms with Crippen LogP contribution in [0.4, 0.5) is 0 Å². The van der Waals surface area contributed by atoms with Gasteiger partial charge in [-0.1, -0.05) is 6.08 Å². The Morgan fingerprint density at radius 3 is 2.20 bits per heavy atom. The fourth-order valence-electron chi connectivity index (χ4n) is 3.97. The molecule has 5 aliphatic rings. The number of allylic oxidation sites excluding steroid dienone is 1. The summed E-state index contributed by atoms with van der Waals surface area (Å²) >= 11 is 0. The van der Waals surface area contributed by atoms with Crippen molar-refractivity contribution in [3.63, 3.8) is 0 Å². The van der Waals surface area contributed by atoms with Crippen molar-refractivity contribution in [2.45, 2.75) is 19.3 Å². The molecular weight excluding hydrogens is 120 g/mol. The summed E-state index contributed by atoms with van der Waals surface area (Å²) in [5, 5.41) is 0. The molecule has 0 amide bonds. The molecule has 0 radical (unpaired) electrons. The van der Waals surface area contributed by atoms with Gasteiger partial charge in [-0.3, -0.25) is 0 Å². The van der Waals surface area contributed by atoms with Gasteiger partial charge >= 0.3 is 0 Å². The van der Waals surface area contributed by atoms with Crippen LogP contribution in [0.15, 0.2) is 12.7 Å². The SMILES string of the molecule is C=C[C@@H]1CC2C3CCC2C31. The van der Waals surface area contributed by atoms with Gasteiger partial charge in [-0.15, -0.1) is 6.58 Å². The second-order valence-corrected chi connectivity index (χ2v) is 4.28. The van der Waals surface area contributed by atoms with E-state index in [1.165, 1.54) is 6.42 Å². The van der Waals surface area contributed by atoms with Crippen LogP contribution in [0.25, 0.3) is 0 Å². The minimum atomic E-state index is 0.919. The molecule has 4 bridgehead atoms. The number of fused-ring (bicyclic) bond motifs is 2. The maximum atomic E-state index is 3.92. The predicted octanol–water partition coefficient (Wildman–Crippen LogP) is 2.46. The van der Waals surface area contributed by atoms with Crippen molar-refractivity contribution >= 4 is 0 Å². The standard InChI is InChI=1S/C10H14/c1-2-6-5-9-7-3-4-8(9)10(6)7/h2,6-10H,1,3-5H2/t6-,7?,8?,9?,10?/m1/s1. The summed E-state index contributed by atoms with van der Waals surface area (Å²) in [5.41, 5.74) is 0. The van der Waals surface area contributed by atoms with Crippen LogP contribution in [-0.2, 0) is 0 Å². The Bertz CT molecular complexity index is 170. The molecule has 3 atom stereocenters. The molecule has 0 saturated heterocycles. The Labute approximate surface area is 62.3 Å². The topological polar surface area (TPSA) is 0 Å². The Balaban J connectivity index is 1.95. The van der Waals surface area contributed by atoms with E-state index in [1.54, 1.807) is 12.8 Å². The zero-order valence-electron chi connectivity index (χ0n) is 6.29. The molecule has 2 unspecified atom stereocenters. The van der Waals surface area contributed by atoms with Gasteiger partial charge in [-0.05, 0) is 48.9 Å². The number of hydrogen-bond donors (Lipinski definition) is 0. The van der Waals surface area contributed by atoms with Crippen molar-refractivity contribution in [1.82, 2.24) is 0 Å². The summed E-state index contributed by atoms with van der Waals surface area (Å²) in [6.45, 7) is 3.92. The van der Waals surface area contributed by atoms with Gasteiger partial charge < -0.3 is 0 Å². The van der Waals surface area contributed by atoms with Crippen molar-refractivity contribution < 1.29 is 0 Å². The average molecular weight is 134 g/mol. The van der Waals surface area contributed by atoms with Crippen LogP contribution < -0.4 is 0 Å². The Kier molecular flexibility index (Phi) is 0.805. The Morgan fingerprint density at radius 2 is 1.80 bits per heavy atom. The molecule has 10 heavy (non-hydrogen) atoms. The third kappa shape index (κ3) is 0.372. The molecular formula is C10H14. The maximum Gasteiger partial charge on any atom is -0.0199 e. The smallest absolute Gasteiger partial charge is 0.0199 e. The van der Waals surface area contributed by atoms with E-state index in [2.05, 4.69) is 12.7 Å². The van der Waals surface area contributed by atoms with E-state index in [4.69, 9.17) is 0 Å². The molecule has 54 valence electrons. The van der Waals surface area contributed by atoms with Crippen LogP contribution >= 0.6 is 0 Å². The first-order valence-electron chi connectivity index (χ1n) is 4.54. The highest BCUT2D eigenvalue weighted by Crippen LogP contribution is 2.69. The van der Waals surface area contributed by atoms with E-state index in [1.807, 2.05) is 0 Å². The second-order valence-electron chi connectivity index (χ2n) is 4.28. The lowest BCUT2D eigenvalue weighted by Gasteiger charge is -2.35. The van der Waals surface area contributed by atoms with Gasteiger partial charge in [-0.2, -0.15) is 0 Å². The molecule has 0 aromatic carbocycles. The van der Waals surface area contributed by atoms with E-state index in [0.29, 0.717) is 0 Å². The van der Waals surface area contributed by atoms with Crippen molar-refractivity contribution in [1.29, 1.82) is 0 Å². The van der Waals surface area contributed by atoms with Crippen LogP contribution in [-0.4, -0.2) is 0 Å². The first kappa shape index (κ1) is 5.40. The molecule has 5 rings (SSSR count). The molecule has 5 saturated carbocycles. The first-order chi connectivity index (χ1) is 4.92. The van der Waals surface area contributed by atoms with Gasteiger partial charge in [-0.25, -0.2) is 0 Å². The summed E-state index contributed by atoms with van der Waals surface area (Å²) in [5.74, 6) is 5.46. The minimum absolute atomic E-state index is 0.919. The molecule has 0 heteroatoms. The van der Waals surface area contributed by atoms with Crippen LogP contribution in [0, 0.1) is 29.6 Å². The molecule has 5 fully saturated rings. The van der Waals surface area contributed by atoms with Crippen molar-refractivity contribution in [3.05, 3.63) is 12.7 Å². The minimum Gasteiger partial charge on any atom is -0.103 e. The van der Waals surface area contributed by atoms with Crippen molar-refractivity contribution in [2.75, 3.05) is 0 Å². The third-order valence-corrected chi connectivity index (χ3v) is 4.26. The number of rotatable bonds is 1. The zero-order valence-corrected chi connectivity index (χ0v) is 6.29. The van der Waals surface area contributed by atoms with Crippen LogP contribution in [0.2, 0.25) is 0 Å². The van der Waals surface area contributed by atoms with Crippen molar-refractivity contribution in [3.8, 4) is 0 Å². The highest BCUT2D eigenvalue weighted by atomic mass is 14.7. The molecule has 0 nitrogen and oxygen atoms in total. The van der Waals surface area contributed by atoms with Crippen LogP contribution in [0.5, 0.6) is 0 Å². The van der Waals surface area contributed by atoms with E-state index >= 15 is 0 Å². The summed E-state index contributed by atoms with van der Waals surface area (Å²) < 4.78 is 0. The van der Waals surface area contributed by atoms with Gasteiger partial charge in [0.1, 0.15) is 0 Å². The molecule has 0 heterocycles. The van der Waals surface area contributed by atoms with Gasteiger partial charge in [0.15, 0.2) is 0 Å². The van der Waals surface area contributed by atoms with Crippen LogP contribution in [0.3, 0.4) is 0 Å². The highest BCUT2D eigenvalue weighted by molar-refractivity contribution is 5.15. The normalized spacial score (nSPS) is 62.2. The van der Waals surface area contributed by atoms with Crippen LogP contribution in [0.1, 0.15) is 19.3 Å². The molecule has 0 aromatic rings. The lowest BCUT2D eigenvalue weighted by Crippen LogP contribution is -2.31. The maximum absolute atomic E-state index is 3.92. The van der Waals surface area contributed by atoms with Gasteiger partial charge in [0.2, 0.25) is 0 Å². The van der Waals surface area contributed by atoms with E-state index < -0.39 is 0 Å². The largest absolute Gasteiger partial charge is 0.103 e. The van der Waals surface area contributed by atoms with Crippen molar-refractivity contribution in [2.24, 2.45) is 29.6 Å². The predicted molar refractivity (Wildman–Crippen MR) is 41.5 cm³/mol. The molecule has 0 spiro atoms. The average Bonchev–Trinajstić information content (AvgIpc) is 2.63. The quantitative estimate of drug-likeness (QED) is 0.483. The zero-order chi connectivity index (χ0) is 6.72. The van der Waals surface area contributed by atoms with Gasteiger partial charge in [0.05, 0.1) is 0 Å². The molecule has 5 aliphatic carbocycles. The fraction of sp³-hybridized carbons (Fsp3) is 0.800. The summed E-state index contributed by atoms with van der Waals surface area (Å²) in [7, 11) is 0. The molecule has 0 N–H and O–H groups in total. The third-order valence-electron chi connectivity index (χ3n) is 4.26. The monoisotopic (exact) mass is 134 g/mol. The lowest BCUT2D eigenvalue weighted by molar-refractivity contribution is 0.127. The summed E-state index contributed by atoms with van der Waals surface area (Å²) in [4.78, 5) is 0. The van der Waals surface area contributed by atoms with E-state index in [-0.39, 0.29) is 0 Å². The molecule has 0 aromatic heterocycles. The van der Waals surface area contributed by atoms with E-state index in [0.717, 1.165) is 29.6 Å². The Hall–Kier alpha value is -0.260. The second kappa shape index (κ2) is 1.49. The summed E-state index contributed by atoms with van der Waals surface area (Å²) in [6.07, 6.45) is 6.79. The first-order valence-corrected chi connectivity index (χ1v) is 4.54. The lowest BCUT2D eigenvalue weighted by atomic mass is 9.69. The van der Waals surface area contributed by atoms with Gasteiger partial charge in [0.25, 0.3) is 0 Å². The highest BCUT2D eigenvalue weighted by Gasteiger charge is 2.62. The Morgan fingerprint density at radius 1 is 1.10 bits per heavy atom. The van der Waals surface area contributed by atoms with Gasteiger partial charge in [0, 0.05) is 0 Å². The fourth-order valence-corrected chi connectivity index (χ4v) is 3.97. The van der Waals surface area contributed by atoms with E-state index in [9.17, 15) is 0 Å².